The van der Waals surface area contributed by atoms with E-state index in [9.17, 15) is 4.79 Å². The van der Waals surface area contributed by atoms with Crippen molar-refractivity contribution < 1.29 is 9.53 Å². The van der Waals surface area contributed by atoms with Crippen molar-refractivity contribution in [3.63, 3.8) is 0 Å². The van der Waals surface area contributed by atoms with Gasteiger partial charge in [-0.2, -0.15) is 0 Å². The summed E-state index contributed by atoms with van der Waals surface area (Å²) in [5, 5.41) is 0.679. The summed E-state index contributed by atoms with van der Waals surface area (Å²) < 4.78 is 8.93. The highest BCUT2D eigenvalue weighted by Gasteiger charge is 2.35. The number of nitrogens with one attached hydrogen (secondary N) is 1. The van der Waals surface area contributed by atoms with Crippen LogP contribution >= 0.6 is 34.7 Å². The molecule has 2 aromatic heterocycles. The van der Waals surface area contributed by atoms with Gasteiger partial charge in [0.05, 0.1) is 10.2 Å². The molecule has 2 heterocycles. The molecule has 37 heavy (non-hydrogen) atoms. The summed E-state index contributed by atoms with van der Waals surface area (Å²) in [4.78, 5) is 25.4. The van der Waals surface area contributed by atoms with Crippen LogP contribution in [0.3, 0.4) is 0 Å². The minimum Gasteiger partial charge on any atom is -0.475 e. The Morgan fingerprint density at radius 3 is 2.81 bits per heavy atom. The molecule has 1 N–H and O–H groups in total. The van der Waals surface area contributed by atoms with E-state index in [1.165, 1.54) is 0 Å². The lowest BCUT2D eigenvalue weighted by Crippen LogP contribution is -2.33. The number of benzene rings is 3. The van der Waals surface area contributed by atoms with Crippen LogP contribution < -0.4 is 4.74 Å². The number of thioether (sulfide) groups is 1. The van der Waals surface area contributed by atoms with Crippen molar-refractivity contribution in [2.75, 3.05) is 0 Å². The predicted octanol–water partition coefficient (Wildman–Crippen LogP) is 7.83. The van der Waals surface area contributed by atoms with Crippen molar-refractivity contribution >= 4 is 50.7 Å². The van der Waals surface area contributed by atoms with Gasteiger partial charge in [-0.15, -0.1) is 11.3 Å². The minimum atomic E-state index is -0.844. The quantitative estimate of drug-likeness (QED) is 0.211. The van der Waals surface area contributed by atoms with E-state index in [2.05, 4.69) is 9.97 Å². The molecule has 1 aliphatic carbocycles. The van der Waals surface area contributed by atoms with Gasteiger partial charge in [-0.05, 0) is 55.7 Å². The number of hydrogen-bond donors (Lipinski definition) is 1. The maximum Gasteiger partial charge on any atom is 0.188 e. The monoisotopic (exact) mass is 545 g/mol. The summed E-state index contributed by atoms with van der Waals surface area (Å²) in [7, 11) is 0. The Labute approximate surface area is 228 Å². The van der Waals surface area contributed by atoms with Gasteiger partial charge in [0.1, 0.15) is 5.75 Å². The van der Waals surface area contributed by atoms with Gasteiger partial charge < -0.3 is 9.72 Å². The Balaban J connectivity index is 1.41. The molecule has 1 aliphatic rings. The van der Waals surface area contributed by atoms with Gasteiger partial charge in [0.15, 0.2) is 21.5 Å². The SMILES string of the molecule is C[C@](Oc1ccc2c(c1CSc1nc3cc(Cl)ccc3s1)CCCC2=O)(c1ccccc1)c1ncc[nH]1. The summed E-state index contributed by atoms with van der Waals surface area (Å²) in [6.45, 7) is 2.03. The number of hydrogen-bond acceptors (Lipinski definition) is 6. The molecule has 0 unspecified atom stereocenters. The highest BCUT2D eigenvalue weighted by Crippen LogP contribution is 2.41. The fourth-order valence-corrected chi connectivity index (χ4v) is 7.13. The van der Waals surface area contributed by atoms with E-state index in [4.69, 9.17) is 21.3 Å². The highest BCUT2D eigenvalue weighted by molar-refractivity contribution is 8.00. The number of carbonyl (C=O) groups is 1. The van der Waals surface area contributed by atoms with Gasteiger partial charge >= 0.3 is 0 Å². The number of ketones is 1. The molecule has 5 nitrogen and oxygen atoms in total. The topological polar surface area (TPSA) is 67.9 Å². The van der Waals surface area contributed by atoms with E-state index in [-0.39, 0.29) is 5.78 Å². The Bertz CT molecular complexity index is 1580. The normalized spacial score (nSPS) is 14.9. The van der Waals surface area contributed by atoms with E-state index in [1.54, 1.807) is 29.3 Å². The lowest BCUT2D eigenvalue weighted by molar-refractivity contribution is 0.0971. The minimum absolute atomic E-state index is 0.200. The molecule has 3 aromatic carbocycles. The van der Waals surface area contributed by atoms with Gasteiger partial charge in [0, 0.05) is 46.3 Å². The summed E-state index contributed by atoms with van der Waals surface area (Å²) in [5.74, 6) is 2.31. The number of halogens is 1. The molecule has 6 rings (SSSR count). The zero-order chi connectivity index (χ0) is 25.4. The third kappa shape index (κ3) is 4.67. The molecule has 0 aliphatic heterocycles. The van der Waals surface area contributed by atoms with Gasteiger partial charge in [-0.1, -0.05) is 53.7 Å². The number of ether oxygens (including phenoxy) is 1. The number of aromatic amines is 1. The van der Waals surface area contributed by atoms with Crippen molar-refractivity contribution in [3.8, 4) is 5.75 Å². The average molecular weight is 546 g/mol. The van der Waals surface area contributed by atoms with Crippen molar-refractivity contribution in [2.24, 2.45) is 0 Å². The summed E-state index contributed by atoms with van der Waals surface area (Å²) >= 11 is 9.48. The fourth-order valence-electron chi connectivity index (χ4n) is 4.85. The van der Waals surface area contributed by atoms with E-state index in [0.29, 0.717) is 23.0 Å². The number of rotatable bonds is 7. The molecule has 0 fully saturated rings. The lowest BCUT2D eigenvalue weighted by Gasteiger charge is -2.32. The first-order valence-electron chi connectivity index (χ1n) is 12.1. The van der Waals surface area contributed by atoms with Gasteiger partial charge in [0.25, 0.3) is 0 Å². The van der Waals surface area contributed by atoms with Crippen LogP contribution in [-0.2, 0) is 17.8 Å². The largest absolute Gasteiger partial charge is 0.475 e. The molecule has 0 radical (unpaired) electrons. The Morgan fingerprint density at radius 2 is 2.00 bits per heavy atom. The van der Waals surface area contributed by atoms with Crippen LogP contribution in [0.15, 0.2) is 77.4 Å². The summed E-state index contributed by atoms with van der Waals surface area (Å²) in [6, 6.07) is 19.7. The van der Waals surface area contributed by atoms with E-state index in [1.807, 2.05) is 73.8 Å². The molecule has 0 amide bonds. The first-order valence-corrected chi connectivity index (χ1v) is 14.3. The maximum atomic E-state index is 12.8. The van der Waals surface area contributed by atoms with E-state index < -0.39 is 5.60 Å². The van der Waals surface area contributed by atoms with Crippen LogP contribution in [0.4, 0.5) is 0 Å². The van der Waals surface area contributed by atoms with Crippen LogP contribution in [0.1, 0.15) is 52.6 Å². The average Bonchev–Trinajstić information content (AvgIpc) is 3.59. The van der Waals surface area contributed by atoms with Crippen molar-refractivity contribution in [1.82, 2.24) is 15.0 Å². The first-order chi connectivity index (χ1) is 18.0. The van der Waals surface area contributed by atoms with Gasteiger partial charge in [-0.25, -0.2) is 9.97 Å². The number of Topliss-reactive ketones (excluding diaryl/α,β-unsaturated/α-hetero) is 1. The predicted molar refractivity (Wildman–Crippen MR) is 150 cm³/mol. The lowest BCUT2D eigenvalue weighted by atomic mass is 9.87. The van der Waals surface area contributed by atoms with Crippen LogP contribution in [0.2, 0.25) is 5.02 Å². The van der Waals surface area contributed by atoms with Crippen molar-refractivity contribution in [1.29, 1.82) is 0 Å². The summed E-state index contributed by atoms with van der Waals surface area (Å²) in [5.41, 5.74) is 3.98. The molecule has 5 aromatic rings. The third-order valence-electron chi connectivity index (χ3n) is 6.78. The number of thiazole rings is 1. The molecule has 8 heteroatoms. The van der Waals surface area contributed by atoms with E-state index in [0.717, 1.165) is 55.4 Å². The van der Waals surface area contributed by atoms with Crippen LogP contribution in [-0.4, -0.2) is 20.7 Å². The molecule has 0 saturated heterocycles. The Hall–Kier alpha value is -3.13. The number of nitrogens with zero attached hydrogens (tertiary/aromatic N) is 2. The van der Waals surface area contributed by atoms with Gasteiger partial charge in [0.2, 0.25) is 0 Å². The van der Waals surface area contributed by atoms with Crippen molar-refractivity contribution in [2.45, 2.75) is 41.9 Å². The Morgan fingerprint density at radius 1 is 1.14 bits per heavy atom. The highest BCUT2D eigenvalue weighted by atomic mass is 35.5. The molecule has 0 saturated carbocycles. The molecule has 186 valence electrons. The number of fused-ring (bicyclic) bond motifs is 2. The number of aromatic nitrogens is 3. The molecule has 1 atom stereocenters. The third-order valence-corrected chi connectivity index (χ3v) is 9.22. The zero-order valence-electron chi connectivity index (χ0n) is 20.2. The first kappa shape index (κ1) is 24.2. The molecular formula is C29H24ClN3O2S2. The second-order valence-corrected chi connectivity index (χ2v) is 11.9. The zero-order valence-corrected chi connectivity index (χ0v) is 22.6. The van der Waals surface area contributed by atoms with Crippen LogP contribution in [0.25, 0.3) is 10.2 Å². The second-order valence-electron chi connectivity index (χ2n) is 9.16. The fraction of sp³-hybridized carbons (Fsp3) is 0.207. The van der Waals surface area contributed by atoms with Crippen molar-refractivity contribution in [3.05, 3.63) is 106 Å². The van der Waals surface area contributed by atoms with Crippen LogP contribution in [0.5, 0.6) is 5.75 Å². The molecular weight excluding hydrogens is 522 g/mol. The number of carbonyl (C=O) groups excluding carboxylic acids is 1. The maximum absolute atomic E-state index is 12.8. The number of imidazole rings is 1. The molecule has 0 spiro atoms. The summed E-state index contributed by atoms with van der Waals surface area (Å²) in [6.07, 6.45) is 5.84. The standard InChI is InChI=1S/C29H24ClN3O2S2/c1-29(27-31-14-15-32-27,18-6-3-2-4-7-18)35-25-12-11-21-20(8-5-9-24(21)34)22(25)17-36-28-33-23-16-19(30)10-13-26(23)37-28/h2-4,6-7,10-16H,5,8-9,17H2,1H3,(H,31,32)/t29-/m0/s1. The second kappa shape index (κ2) is 9.97. The smallest absolute Gasteiger partial charge is 0.188 e. The number of H-pyrrole nitrogens is 1. The van der Waals surface area contributed by atoms with Gasteiger partial charge in [-0.3, -0.25) is 4.79 Å². The Kier molecular flexibility index (Phi) is 6.53. The van der Waals surface area contributed by atoms with Crippen LogP contribution in [0, 0.1) is 0 Å². The molecule has 0 bridgehead atoms. The van der Waals surface area contributed by atoms with E-state index >= 15 is 0 Å².